The third kappa shape index (κ3) is 2.66. The van der Waals surface area contributed by atoms with Crippen LogP contribution in [0, 0.1) is 5.92 Å². The molecule has 1 aromatic carbocycles. The second kappa shape index (κ2) is 5.87. The van der Waals surface area contributed by atoms with Gasteiger partial charge in [-0.15, -0.1) is 0 Å². The number of aromatic nitrogens is 2. The number of nitrogens with two attached hydrogens (primary N) is 1. The van der Waals surface area contributed by atoms with Crippen molar-refractivity contribution >= 4 is 5.69 Å². The van der Waals surface area contributed by atoms with Crippen molar-refractivity contribution in [2.45, 2.75) is 12.5 Å². The molecule has 5 nitrogen and oxygen atoms in total. The Kier molecular flexibility index (Phi) is 3.94. The molecule has 0 aliphatic carbocycles. The first-order valence-electron chi connectivity index (χ1n) is 7.31. The van der Waals surface area contributed by atoms with Crippen molar-refractivity contribution in [2.24, 2.45) is 11.7 Å². The molecule has 5 heteroatoms. The van der Waals surface area contributed by atoms with Crippen LogP contribution in [0.5, 0.6) is 0 Å². The molecule has 2 atom stereocenters. The molecule has 1 aliphatic heterocycles. The normalized spacial score (nSPS) is 19.7. The molecule has 2 unspecified atom stereocenters. The van der Waals surface area contributed by atoms with E-state index in [0.717, 1.165) is 36.7 Å². The van der Waals surface area contributed by atoms with Gasteiger partial charge >= 0.3 is 0 Å². The molecule has 0 saturated carbocycles. The zero-order chi connectivity index (χ0) is 14.8. The van der Waals surface area contributed by atoms with Gasteiger partial charge in [-0.25, -0.2) is 4.98 Å². The number of imidazole rings is 1. The van der Waals surface area contributed by atoms with Crippen molar-refractivity contribution in [3.8, 4) is 5.69 Å². The molecule has 2 N–H and O–H groups in total. The molecule has 2 heterocycles. The second-order valence-electron chi connectivity index (χ2n) is 5.72. The van der Waals surface area contributed by atoms with E-state index in [1.54, 1.807) is 0 Å². The van der Waals surface area contributed by atoms with Crippen LogP contribution in [0.3, 0.4) is 0 Å². The van der Waals surface area contributed by atoms with Gasteiger partial charge in [0.2, 0.25) is 0 Å². The molecule has 0 radical (unpaired) electrons. The number of ether oxygens (including phenoxy) is 1. The number of rotatable bonds is 4. The third-order valence-corrected chi connectivity index (χ3v) is 4.10. The highest BCUT2D eigenvalue weighted by atomic mass is 16.5. The molecule has 0 bridgehead atoms. The zero-order valence-electron chi connectivity index (χ0n) is 12.6. The van der Waals surface area contributed by atoms with E-state index < -0.39 is 0 Å². The first-order chi connectivity index (χ1) is 10.2. The average Bonchev–Trinajstić information content (AvgIpc) is 3.18. The predicted molar refractivity (Wildman–Crippen MR) is 83.7 cm³/mol. The lowest BCUT2D eigenvalue weighted by Gasteiger charge is -2.23. The fourth-order valence-corrected chi connectivity index (χ4v) is 2.88. The molecule has 1 aliphatic rings. The fraction of sp³-hybridized carbons (Fsp3) is 0.438. The van der Waals surface area contributed by atoms with Crippen molar-refractivity contribution in [3.05, 3.63) is 42.5 Å². The molecule has 1 saturated heterocycles. The SMILES string of the molecule is CN(C)c1ccccc1-n1cncc1C(N)C1CCOC1. The molecule has 1 fully saturated rings. The Labute approximate surface area is 125 Å². The smallest absolute Gasteiger partial charge is 0.0995 e. The first kappa shape index (κ1) is 14.1. The highest BCUT2D eigenvalue weighted by Crippen LogP contribution is 2.30. The topological polar surface area (TPSA) is 56.3 Å². The summed E-state index contributed by atoms with van der Waals surface area (Å²) in [5, 5.41) is 0. The maximum absolute atomic E-state index is 6.45. The highest BCUT2D eigenvalue weighted by Gasteiger charge is 2.27. The zero-order valence-corrected chi connectivity index (χ0v) is 12.6. The van der Waals surface area contributed by atoms with Gasteiger partial charge in [0.1, 0.15) is 0 Å². The van der Waals surface area contributed by atoms with Gasteiger partial charge in [0.05, 0.1) is 42.2 Å². The number of hydrogen-bond donors (Lipinski definition) is 1. The minimum atomic E-state index is -0.0507. The van der Waals surface area contributed by atoms with Crippen LogP contribution in [0.4, 0.5) is 5.69 Å². The standard InChI is InChI=1S/C16H22N4O/c1-19(2)13-5-3-4-6-14(13)20-11-18-9-15(20)16(17)12-7-8-21-10-12/h3-6,9,11-12,16H,7-8,10,17H2,1-2H3. The van der Waals surface area contributed by atoms with Crippen LogP contribution in [-0.2, 0) is 4.74 Å². The lowest BCUT2D eigenvalue weighted by atomic mass is 9.97. The Hall–Kier alpha value is -1.85. The van der Waals surface area contributed by atoms with Crippen molar-refractivity contribution in [2.75, 3.05) is 32.2 Å². The van der Waals surface area contributed by atoms with Crippen molar-refractivity contribution in [1.82, 2.24) is 9.55 Å². The summed E-state index contributed by atoms with van der Waals surface area (Å²) in [5.74, 6) is 0.368. The van der Waals surface area contributed by atoms with Crippen LogP contribution >= 0.6 is 0 Å². The Morgan fingerprint density at radius 1 is 1.38 bits per heavy atom. The summed E-state index contributed by atoms with van der Waals surface area (Å²) >= 11 is 0. The second-order valence-corrected chi connectivity index (χ2v) is 5.72. The Balaban J connectivity index is 1.99. The van der Waals surface area contributed by atoms with E-state index in [4.69, 9.17) is 10.5 Å². The largest absolute Gasteiger partial charge is 0.381 e. The van der Waals surface area contributed by atoms with Gasteiger partial charge in [-0.3, -0.25) is 4.57 Å². The van der Waals surface area contributed by atoms with Gasteiger partial charge in [-0.2, -0.15) is 0 Å². The molecule has 2 aromatic rings. The number of benzene rings is 1. The highest BCUT2D eigenvalue weighted by molar-refractivity contribution is 5.62. The summed E-state index contributed by atoms with van der Waals surface area (Å²) in [6, 6.07) is 8.23. The van der Waals surface area contributed by atoms with Gasteiger partial charge in [0, 0.05) is 26.6 Å². The Morgan fingerprint density at radius 3 is 2.90 bits per heavy atom. The summed E-state index contributed by atoms with van der Waals surface area (Å²) in [6.07, 6.45) is 4.73. The van der Waals surface area contributed by atoms with E-state index in [0.29, 0.717) is 5.92 Å². The predicted octanol–water partition coefficient (Wildman–Crippen LogP) is 1.97. The quantitative estimate of drug-likeness (QED) is 0.933. The Bertz CT molecular complexity index is 602. The van der Waals surface area contributed by atoms with Crippen LogP contribution in [0.15, 0.2) is 36.8 Å². The summed E-state index contributed by atoms with van der Waals surface area (Å²) in [5.41, 5.74) is 9.74. The van der Waals surface area contributed by atoms with E-state index in [-0.39, 0.29) is 6.04 Å². The molecule has 0 spiro atoms. The van der Waals surface area contributed by atoms with Crippen molar-refractivity contribution in [1.29, 1.82) is 0 Å². The lowest BCUT2D eigenvalue weighted by Crippen LogP contribution is -2.24. The molecule has 112 valence electrons. The van der Waals surface area contributed by atoms with E-state index in [1.165, 1.54) is 0 Å². The van der Waals surface area contributed by atoms with Gasteiger partial charge in [0.15, 0.2) is 0 Å². The molecule has 1 aromatic heterocycles. The van der Waals surface area contributed by atoms with E-state index in [1.807, 2.05) is 38.8 Å². The van der Waals surface area contributed by atoms with E-state index >= 15 is 0 Å². The van der Waals surface area contributed by atoms with Crippen LogP contribution in [-0.4, -0.2) is 36.9 Å². The van der Waals surface area contributed by atoms with E-state index in [9.17, 15) is 0 Å². The Morgan fingerprint density at radius 2 is 2.19 bits per heavy atom. The van der Waals surface area contributed by atoms with Crippen LogP contribution in [0.1, 0.15) is 18.2 Å². The van der Waals surface area contributed by atoms with Gasteiger partial charge in [0.25, 0.3) is 0 Å². The van der Waals surface area contributed by atoms with Crippen LogP contribution < -0.4 is 10.6 Å². The van der Waals surface area contributed by atoms with Crippen LogP contribution in [0.2, 0.25) is 0 Å². The summed E-state index contributed by atoms with van der Waals surface area (Å²) in [6.45, 7) is 1.54. The lowest BCUT2D eigenvalue weighted by molar-refractivity contribution is 0.180. The monoisotopic (exact) mass is 286 g/mol. The van der Waals surface area contributed by atoms with Gasteiger partial charge in [-0.1, -0.05) is 12.1 Å². The average molecular weight is 286 g/mol. The van der Waals surface area contributed by atoms with E-state index in [2.05, 4.69) is 26.6 Å². The summed E-state index contributed by atoms with van der Waals surface area (Å²) in [7, 11) is 4.08. The molecule has 21 heavy (non-hydrogen) atoms. The number of anilines is 1. The molecular weight excluding hydrogens is 264 g/mol. The van der Waals surface area contributed by atoms with Crippen molar-refractivity contribution in [3.63, 3.8) is 0 Å². The number of nitrogens with zero attached hydrogens (tertiary/aromatic N) is 3. The van der Waals surface area contributed by atoms with Gasteiger partial charge in [-0.05, 0) is 18.6 Å². The summed E-state index contributed by atoms with van der Waals surface area (Å²) in [4.78, 5) is 6.42. The maximum atomic E-state index is 6.45. The minimum Gasteiger partial charge on any atom is -0.381 e. The van der Waals surface area contributed by atoms with Gasteiger partial charge < -0.3 is 15.4 Å². The fourth-order valence-electron chi connectivity index (χ4n) is 2.88. The number of hydrogen-bond acceptors (Lipinski definition) is 4. The molecular formula is C16H22N4O. The minimum absolute atomic E-state index is 0.0507. The third-order valence-electron chi connectivity index (χ3n) is 4.10. The number of para-hydroxylation sites is 2. The maximum Gasteiger partial charge on any atom is 0.0995 e. The van der Waals surface area contributed by atoms with Crippen LogP contribution in [0.25, 0.3) is 5.69 Å². The molecule has 0 amide bonds. The van der Waals surface area contributed by atoms with Crippen molar-refractivity contribution < 1.29 is 4.74 Å². The molecule has 3 rings (SSSR count). The first-order valence-corrected chi connectivity index (χ1v) is 7.31. The summed E-state index contributed by atoms with van der Waals surface area (Å²) < 4.78 is 7.56.